The summed E-state index contributed by atoms with van der Waals surface area (Å²) in [5.74, 6) is 6.15. The van der Waals surface area contributed by atoms with Crippen LogP contribution in [0.3, 0.4) is 0 Å². The highest BCUT2D eigenvalue weighted by molar-refractivity contribution is 6.31. The summed E-state index contributed by atoms with van der Waals surface area (Å²) in [6.45, 7) is 2.01. The normalized spacial score (nSPS) is 12.6. The number of aryl methyl sites for hydroxylation is 1. The van der Waals surface area contributed by atoms with Crippen LogP contribution in [-0.4, -0.2) is 0 Å². The molecule has 5 heteroatoms. The fourth-order valence-corrected chi connectivity index (χ4v) is 2.36. The molecular weight excluding hydrogens is 267 g/mol. The topological polar surface area (TPSA) is 51.2 Å². The summed E-state index contributed by atoms with van der Waals surface area (Å²) in [5.41, 5.74) is 4.60. The number of furan rings is 1. The third kappa shape index (κ3) is 3.15. The van der Waals surface area contributed by atoms with Gasteiger partial charge in [-0.2, -0.15) is 0 Å². The molecule has 0 amide bonds. The fourth-order valence-electron chi connectivity index (χ4n) is 2.11. The van der Waals surface area contributed by atoms with Crippen LogP contribution in [-0.2, 0) is 12.8 Å². The Kier molecular flexibility index (Phi) is 4.58. The van der Waals surface area contributed by atoms with E-state index >= 15 is 0 Å². The molecule has 0 bridgehead atoms. The summed E-state index contributed by atoms with van der Waals surface area (Å²) in [6.07, 6.45) is 3.00. The van der Waals surface area contributed by atoms with Crippen molar-refractivity contribution in [3.63, 3.8) is 0 Å². The van der Waals surface area contributed by atoms with Crippen molar-refractivity contribution in [1.29, 1.82) is 0 Å². The Morgan fingerprint density at radius 1 is 1.42 bits per heavy atom. The molecule has 1 unspecified atom stereocenters. The molecule has 0 saturated heterocycles. The SMILES string of the molecule is CCc1occc1C(Cc1ccc(F)cc1Cl)NN. The lowest BCUT2D eigenvalue weighted by Crippen LogP contribution is -2.30. The molecule has 1 heterocycles. The standard InChI is InChI=1S/C14H16ClFN2O/c1-2-14-11(5-6-19-14)13(18-17)7-9-3-4-10(16)8-12(9)15/h3-6,8,13,18H,2,7,17H2,1H3. The number of hydrogen-bond donors (Lipinski definition) is 2. The number of nitrogens with one attached hydrogen (secondary N) is 1. The molecule has 2 aromatic rings. The van der Waals surface area contributed by atoms with Gasteiger partial charge in [0.1, 0.15) is 11.6 Å². The molecule has 19 heavy (non-hydrogen) atoms. The molecule has 0 aliphatic heterocycles. The highest BCUT2D eigenvalue weighted by atomic mass is 35.5. The number of nitrogens with two attached hydrogens (primary N) is 1. The number of rotatable bonds is 5. The Morgan fingerprint density at radius 2 is 2.21 bits per heavy atom. The van der Waals surface area contributed by atoms with Crippen molar-refractivity contribution >= 4 is 11.6 Å². The van der Waals surface area contributed by atoms with E-state index in [4.69, 9.17) is 21.9 Å². The molecule has 0 aliphatic rings. The van der Waals surface area contributed by atoms with Crippen LogP contribution in [0.5, 0.6) is 0 Å². The van der Waals surface area contributed by atoms with Gasteiger partial charge in [-0.3, -0.25) is 11.3 Å². The average molecular weight is 283 g/mol. The highest BCUT2D eigenvalue weighted by Gasteiger charge is 2.17. The largest absolute Gasteiger partial charge is 0.469 e. The molecule has 0 aliphatic carbocycles. The number of halogens is 2. The summed E-state index contributed by atoms with van der Waals surface area (Å²) in [4.78, 5) is 0. The first kappa shape index (κ1) is 14.1. The van der Waals surface area contributed by atoms with Crippen LogP contribution in [0.2, 0.25) is 5.02 Å². The van der Waals surface area contributed by atoms with Gasteiger partial charge in [0.25, 0.3) is 0 Å². The Morgan fingerprint density at radius 3 is 2.84 bits per heavy atom. The first-order valence-corrected chi connectivity index (χ1v) is 6.49. The van der Waals surface area contributed by atoms with Gasteiger partial charge < -0.3 is 4.42 Å². The van der Waals surface area contributed by atoms with E-state index in [1.807, 2.05) is 13.0 Å². The van der Waals surface area contributed by atoms with E-state index in [0.29, 0.717) is 11.4 Å². The second-order valence-corrected chi connectivity index (χ2v) is 4.72. The number of benzene rings is 1. The molecule has 3 nitrogen and oxygen atoms in total. The van der Waals surface area contributed by atoms with Gasteiger partial charge in [0.05, 0.1) is 12.3 Å². The minimum absolute atomic E-state index is 0.114. The van der Waals surface area contributed by atoms with Gasteiger partial charge in [0.2, 0.25) is 0 Å². The van der Waals surface area contributed by atoms with E-state index in [1.54, 1.807) is 12.3 Å². The van der Waals surface area contributed by atoms with Crippen molar-refractivity contribution in [1.82, 2.24) is 5.43 Å². The molecule has 1 aromatic heterocycles. The van der Waals surface area contributed by atoms with Crippen LogP contribution in [0.15, 0.2) is 34.9 Å². The summed E-state index contributed by atoms with van der Waals surface area (Å²) >= 11 is 6.03. The van der Waals surface area contributed by atoms with Gasteiger partial charge in [0, 0.05) is 17.0 Å². The molecule has 3 N–H and O–H groups in total. The third-order valence-electron chi connectivity index (χ3n) is 3.12. The lowest BCUT2D eigenvalue weighted by molar-refractivity contribution is 0.487. The quantitative estimate of drug-likeness (QED) is 0.653. The molecule has 1 atom stereocenters. The predicted octanol–water partition coefficient (Wildman–Crippen LogP) is 3.38. The monoisotopic (exact) mass is 282 g/mol. The van der Waals surface area contributed by atoms with Crippen LogP contribution < -0.4 is 11.3 Å². The third-order valence-corrected chi connectivity index (χ3v) is 3.47. The smallest absolute Gasteiger partial charge is 0.124 e. The van der Waals surface area contributed by atoms with E-state index < -0.39 is 0 Å². The molecule has 0 spiro atoms. The summed E-state index contributed by atoms with van der Waals surface area (Å²) < 4.78 is 18.4. The van der Waals surface area contributed by atoms with Crippen molar-refractivity contribution in [2.24, 2.45) is 5.84 Å². The molecule has 102 valence electrons. The highest BCUT2D eigenvalue weighted by Crippen LogP contribution is 2.26. The van der Waals surface area contributed by atoms with Crippen molar-refractivity contribution in [3.05, 3.63) is 58.3 Å². The van der Waals surface area contributed by atoms with Gasteiger partial charge >= 0.3 is 0 Å². The second-order valence-electron chi connectivity index (χ2n) is 4.31. The summed E-state index contributed by atoms with van der Waals surface area (Å²) in [5, 5.41) is 0.404. The lowest BCUT2D eigenvalue weighted by atomic mass is 9.99. The zero-order valence-electron chi connectivity index (χ0n) is 10.6. The maximum absolute atomic E-state index is 13.0. The minimum Gasteiger partial charge on any atom is -0.469 e. The average Bonchev–Trinajstić information content (AvgIpc) is 2.86. The van der Waals surface area contributed by atoms with Crippen LogP contribution in [0.1, 0.15) is 29.9 Å². The van der Waals surface area contributed by atoms with Crippen molar-refractivity contribution in [2.75, 3.05) is 0 Å². The molecule has 1 aromatic carbocycles. The summed E-state index contributed by atoms with van der Waals surface area (Å²) in [6, 6.07) is 6.15. The summed E-state index contributed by atoms with van der Waals surface area (Å²) in [7, 11) is 0. The van der Waals surface area contributed by atoms with Crippen LogP contribution in [0.25, 0.3) is 0 Å². The lowest BCUT2D eigenvalue weighted by Gasteiger charge is -2.16. The van der Waals surface area contributed by atoms with E-state index in [1.165, 1.54) is 12.1 Å². The molecule has 0 radical (unpaired) electrons. The van der Waals surface area contributed by atoms with Crippen LogP contribution >= 0.6 is 11.6 Å². The molecule has 0 saturated carbocycles. The predicted molar refractivity (Wildman–Crippen MR) is 73.3 cm³/mol. The maximum atomic E-state index is 13.0. The number of hydrazine groups is 1. The van der Waals surface area contributed by atoms with Gasteiger partial charge in [-0.05, 0) is 30.2 Å². The van der Waals surface area contributed by atoms with E-state index in [2.05, 4.69) is 5.43 Å². The fraction of sp³-hybridized carbons (Fsp3) is 0.286. The van der Waals surface area contributed by atoms with Crippen molar-refractivity contribution in [3.8, 4) is 0 Å². The second kappa shape index (κ2) is 6.19. The van der Waals surface area contributed by atoms with Gasteiger partial charge in [-0.25, -0.2) is 4.39 Å². The first-order chi connectivity index (χ1) is 9.15. The first-order valence-electron chi connectivity index (χ1n) is 6.12. The molecule has 0 fully saturated rings. The zero-order valence-corrected chi connectivity index (χ0v) is 11.4. The van der Waals surface area contributed by atoms with Crippen LogP contribution in [0.4, 0.5) is 4.39 Å². The van der Waals surface area contributed by atoms with E-state index in [9.17, 15) is 4.39 Å². The Hall–Kier alpha value is -1.36. The number of hydrogen-bond acceptors (Lipinski definition) is 3. The molecule has 2 rings (SSSR count). The van der Waals surface area contributed by atoms with E-state index in [-0.39, 0.29) is 11.9 Å². The Balaban J connectivity index is 2.24. The van der Waals surface area contributed by atoms with Crippen molar-refractivity contribution in [2.45, 2.75) is 25.8 Å². The molecular formula is C14H16ClFN2O. The minimum atomic E-state index is -0.344. The zero-order chi connectivity index (χ0) is 13.8. The van der Waals surface area contributed by atoms with Gasteiger partial charge in [0.15, 0.2) is 0 Å². The Bertz CT molecular complexity index is 556. The van der Waals surface area contributed by atoms with Crippen molar-refractivity contribution < 1.29 is 8.81 Å². The Labute approximate surface area is 116 Å². The van der Waals surface area contributed by atoms with E-state index in [0.717, 1.165) is 23.3 Å². The maximum Gasteiger partial charge on any atom is 0.124 e. The van der Waals surface area contributed by atoms with Gasteiger partial charge in [-0.15, -0.1) is 0 Å². The van der Waals surface area contributed by atoms with Crippen LogP contribution in [0, 0.1) is 5.82 Å². The van der Waals surface area contributed by atoms with Gasteiger partial charge in [-0.1, -0.05) is 24.6 Å².